The van der Waals surface area contributed by atoms with Crippen LogP contribution in [0.5, 0.6) is 0 Å². The molecule has 4 aromatic heterocycles. The van der Waals surface area contributed by atoms with Gasteiger partial charge in [-0.15, -0.1) is 0 Å². The molecule has 9 nitrogen and oxygen atoms in total. The van der Waals surface area contributed by atoms with Gasteiger partial charge in [0, 0.05) is 35.2 Å². The Hall–Kier alpha value is -4.76. The summed E-state index contributed by atoms with van der Waals surface area (Å²) in [6, 6.07) is 19.5. The number of halogens is 1. The van der Waals surface area contributed by atoms with E-state index in [2.05, 4.69) is 15.3 Å². The number of nitrogens with one attached hydrogen (secondary N) is 1. The van der Waals surface area contributed by atoms with E-state index in [1.807, 2.05) is 67.3 Å². The molecule has 0 aliphatic rings. The van der Waals surface area contributed by atoms with Gasteiger partial charge >= 0.3 is 11.8 Å². The Balaban J connectivity index is 1.56. The quantitative estimate of drug-likeness (QED) is 0.218. The van der Waals surface area contributed by atoms with Crippen molar-refractivity contribution < 1.29 is 14.1 Å². The van der Waals surface area contributed by atoms with Crippen LogP contribution in [0, 0.1) is 10.1 Å². The van der Waals surface area contributed by atoms with Crippen molar-refractivity contribution in [2.75, 3.05) is 5.32 Å². The van der Waals surface area contributed by atoms with Gasteiger partial charge in [-0.3, -0.25) is 15.1 Å². The molecule has 1 aromatic carbocycles. The molecule has 0 atom stereocenters. The van der Waals surface area contributed by atoms with Gasteiger partial charge in [-0.25, -0.2) is 4.57 Å². The maximum Gasteiger partial charge on any atom is 0.479 e. The van der Waals surface area contributed by atoms with Crippen LogP contribution in [0.15, 0.2) is 104 Å². The second-order valence-electron chi connectivity index (χ2n) is 7.45. The average Bonchev–Trinajstić information content (AvgIpc) is 2.91. The van der Waals surface area contributed by atoms with Crippen LogP contribution in [0.2, 0.25) is 5.02 Å². The summed E-state index contributed by atoms with van der Waals surface area (Å²) >= 11 is 6.71. The number of rotatable bonds is 6. The number of nitro groups is 1. The topological polar surface area (TPSA) is 102 Å². The summed E-state index contributed by atoms with van der Waals surface area (Å²) in [6.07, 6.45) is 10.9. The van der Waals surface area contributed by atoms with E-state index in [4.69, 9.17) is 16.6 Å². The fourth-order valence-electron chi connectivity index (χ4n) is 3.43. The van der Waals surface area contributed by atoms with E-state index >= 15 is 0 Å². The Morgan fingerprint density at radius 2 is 1.46 bits per heavy atom. The molecule has 170 valence electrons. The maximum absolute atomic E-state index is 11.0. The monoisotopic (exact) mass is 483 g/mol. The molecular formula is C25H18ClN7O2+2. The largest absolute Gasteiger partial charge is 0.479 e. The molecule has 0 aliphatic heterocycles. The number of benzene rings is 1. The minimum Gasteiger partial charge on any atom is -0.325 e. The first-order valence-corrected chi connectivity index (χ1v) is 10.9. The molecule has 10 heteroatoms. The van der Waals surface area contributed by atoms with Crippen molar-refractivity contribution in [3.8, 4) is 22.9 Å². The molecule has 0 aliphatic carbocycles. The predicted molar refractivity (Wildman–Crippen MR) is 130 cm³/mol. The number of hydrogen-bond acceptors (Lipinski definition) is 6. The summed E-state index contributed by atoms with van der Waals surface area (Å²) in [6.45, 7) is 0. The third-order valence-corrected chi connectivity index (χ3v) is 5.54. The van der Waals surface area contributed by atoms with E-state index in [0.717, 1.165) is 11.1 Å². The smallest absolute Gasteiger partial charge is 0.325 e. The maximum atomic E-state index is 11.0. The average molecular weight is 484 g/mol. The standard InChI is InChI=1S/C25H18ClN7O2/c26-22-23(28-20-4-6-21(7-5-20)33(34)35)29-25(30-24(22)31-14-2-1-3-15-31)32-16-10-19(11-17-32)18-8-12-27-13-9-18/h1-17H,(H,28,29,30)/q+2. The van der Waals surface area contributed by atoms with Gasteiger partial charge in [-0.1, -0.05) is 17.7 Å². The summed E-state index contributed by atoms with van der Waals surface area (Å²) in [4.78, 5) is 23.9. The number of non-ortho nitro benzene ring substituents is 1. The van der Waals surface area contributed by atoms with E-state index in [9.17, 15) is 10.1 Å². The van der Waals surface area contributed by atoms with Crippen molar-refractivity contribution in [2.45, 2.75) is 0 Å². The van der Waals surface area contributed by atoms with Gasteiger partial charge in [0.1, 0.15) is 0 Å². The second-order valence-corrected chi connectivity index (χ2v) is 7.83. The van der Waals surface area contributed by atoms with Crippen LogP contribution in [0.3, 0.4) is 0 Å². The fourth-order valence-corrected chi connectivity index (χ4v) is 3.66. The first kappa shape index (κ1) is 22.1. The Morgan fingerprint density at radius 3 is 2.11 bits per heavy atom. The predicted octanol–water partition coefficient (Wildman–Crippen LogP) is 4.40. The number of aromatic nitrogens is 5. The second kappa shape index (κ2) is 9.62. The lowest BCUT2D eigenvalue weighted by Gasteiger charge is -2.06. The first-order chi connectivity index (χ1) is 17.1. The summed E-state index contributed by atoms with van der Waals surface area (Å²) in [7, 11) is 0. The van der Waals surface area contributed by atoms with E-state index in [-0.39, 0.29) is 5.69 Å². The number of hydrogen-bond donors (Lipinski definition) is 1. The third-order valence-electron chi connectivity index (χ3n) is 5.20. The van der Waals surface area contributed by atoms with Crippen molar-refractivity contribution in [1.82, 2.24) is 15.0 Å². The van der Waals surface area contributed by atoms with E-state index in [1.165, 1.54) is 12.1 Å². The Morgan fingerprint density at radius 1 is 0.800 bits per heavy atom. The molecule has 4 heterocycles. The van der Waals surface area contributed by atoms with Crippen molar-refractivity contribution in [3.63, 3.8) is 0 Å². The molecule has 0 saturated carbocycles. The van der Waals surface area contributed by atoms with Gasteiger partial charge in [-0.05, 0) is 64.6 Å². The summed E-state index contributed by atoms with van der Waals surface area (Å²) in [5.41, 5.74) is 2.67. The van der Waals surface area contributed by atoms with E-state index in [1.54, 1.807) is 33.7 Å². The van der Waals surface area contributed by atoms with Gasteiger partial charge in [0.15, 0.2) is 5.02 Å². The van der Waals surface area contributed by atoms with Crippen LogP contribution < -0.4 is 14.5 Å². The molecule has 5 aromatic rings. The van der Waals surface area contributed by atoms with Gasteiger partial charge in [0.25, 0.3) is 5.69 Å². The number of nitro benzene ring substituents is 1. The highest BCUT2D eigenvalue weighted by Crippen LogP contribution is 2.27. The van der Waals surface area contributed by atoms with Crippen molar-refractivity contribution in [2.24, 2.45) is 0 Å². The SMILES string of the molecule is O=[N+]([O-])c1ccc(Nc2nc(-[n+]3ccc(-c4ccncc4)cc3)nc(-[n+]3ccccc3)c2Cl)cc1. The molecule has 0 bridgehead atoms. The molecule has 0 spiro atoms. The summed E-state index contributed by atoms with van der Waals surface area (Å²) in [5, 5.41) is 14.4. The lowest BCUT2D eigenvalue weighted by atomic mass is 10.1. The zero-order chi connectivity index (χ0) is 24.2. The van der Waals surface area contributed by atoms with Gasteiger partial charge in [-0.2, -0.15) is 4.57 Å². The Kier molecular flexibility index (Phi) is 6.06. The van der Waals surface area contributed by atoms with Gasteiger partial charge in [0.05, 0.1) is 29.7 Å². The minimum atomic E-state index is -0.448. The van der Waals surface area contributed by atoms with Crippen LogP contribution in [0.4, 0.5) is 17.2 Å². The highest BCUT2D eigenvalue weighted by atomic mass is 35.5. The van der Waals surface area contributed by atoms with Crippen molar-refractivity contribution >= 4 is 28.8 Å². The number of anilines is 2. The molecular weight excluding hydrogens is 466 g/mol. The van der Waals surface area contributed by atoms with Crippen LogP contribution in [-0.4, -0.2) is 19.9 Å². The highest BCUT2D eigenvalue weighted by Gasteiger charge is 2.28. The molecule has 0 radical (unpaired) electrons. The van der Waals surface area contributed by atoms with Gasteiger partial charge in [0.2, 0.25) is 5.82 Å². The Labute approximate surface area is 205 Å². The van der Waals surface area contributed by atoms with Crippen LogP contribution in [-0.2, 0) is 0 Å². The molecule has 1 N–H and O–H groups in total. The van der Waals surface area contributed by atoms with Crippen LogP contribution in [0.25, 0.3) is 22.9 Å². The number of pyridine rings is 3. The normalized spacial score (nSPS) is 10.7. The minimum absolute atomic E-state index is 0.00426. The fraction of sp³-hybridized carbons (Fsp3) is 0. The van der Waals surface area contributed by atoms with E-state index in [0.29, 0.717) is 28.3 Å². The first-order valence-electron chi connectivity index (χ1n) is 10.6. The number of nitrogens with zero attached hydrogens (tertiary/aromatic N) is 6. The lowest BCUT2D eigenvalue weighted by molar-refractivity contribution is -0.614. The van der Waals surface area contributed by atoms with Gasteiger partial charge < -0.3 is 5.32 Å². The molecule has 0 fully saturated rings. The molecule has 35 heavy (non-hydrogen) atoms. The third kappa shape index (κ3) is 4.80. The highest BCUT2D eigenvalue weighted by molar-refractivity contribution is 6.34. The zero-order valence-corrected chi connectivity index (χ0v) is 18.9. The van der Waals surface area contributed by atoms with Crippen molar-refractivity contribution in [3.05, 3.63) is 119 Å². The lowest BCUT2D eigenvalue weighted by Crippen LogP contribution is -2.37. The van der Waals surface area contributed by atoms with Crippen LogP contribution >= 0.6 is 11.6 Å². The van der Waals surface area contributed by atoms with E-state index < -0.39 is 4.92 Å². The van der Waals surface area contributed by atoms with Crippen molar-refractivity contribution in [1.29, 1.82) is 0 Å². The zero-order valence-electron chi connectivity index (χ0n) is 18.2. The molecule has 5 rings (SSSR count). The molecule has 0 saturated heterocycles. The molecule has 0 unspecified atom stereocenters. The van der Waals surface area contributed by atoms with Crippen LogP contribution in [0.1, 0.15) is 0 Å². The summed E-state index contributed by atoms with van der Waals surface area (Å²) in [5.74, 6) is 1.24. The Bertz CT molecular complexity index is 1480. The molecule has 0 amide bonds. The summed E-state index contributed by atoms with van der Waals surface area (Å²) < 4.78 is 3.58.